The van der Waals surface area contributed by atoms with Crippen molar-refractivity contribution >= 4 is 23.7 Å². The quantitative estimate of drug-likeness (QED) is 0.352. The van der Waals surface area contributed by atoms with E-state index in [-0.39, 0.29) is 48.7 Å². The fourth-order valence-corrected chi connectivity index (χ4v) is 7.45. The maximum Gasteiger partial charge on any atom is 0.239 e. The number of allylic oxidation sites excluding steroid dienone is 3. The van der Waals surface area contributed by atoms with Crippen molar-refractivity contribution in [3.05, 3.63) is 87.5 Å². The number of fused-ring (bicyclic) bond motifs is 9. The van der Waals surface area contributed by atoms with Crippen LogP contribution in [0, 0.1) is 23.4 Å². The van der Waals surface area contributed by atoms with E-state index in [0.29, 0.717) is 44.0 Å². The third kappa shape index (κ3) is 5.73. The maximum atomic E-state index is 14.9. The Kier molecular flexibility index (Phi) is 8.43. The largest absolute Gasteiger partial charge is 0.384 e. The van der Waals surface area contributed by atoms with Gasteiger partial charge in [0.1, 0.15) is 17.9 Å². The number of aliphatic hydroxyl groups is 1. The second-order valence-corrected chi connectivity index (χ2v) is 12.6. The minimum atomic E-state index is -1.26. The van der Waals surface area contributed by atoms with Gasteiger partial charge in [0.05, 0.1) is 18.6 Å². The Labute approximate surface area is 264 Å². The van der Waals surface area contributed by atoms with Crippen LogP contribution >= 0.6 is 0 Å². The van der Waals surface area contributed by atoms with Gasteiger partial charge >= 0.3 is 0 Å². The summed E-state index contributed by atoms with van der Waals surface area (Å²) in [4.78, 5) is 32.8. The highest BCUT2D eigenvalue weighted by Gasteiger charge is 2.46. The second kappa shape index (κ2) is 12.7. The third-order valence-corrected chi connectivity index (χ3v) is 9.70. The van der Waals surface area contributed by atoms with Crippen LogP contribution in [0.3, 0.4) is 0 Å². The SMILES string of the molecule is O=C1Nc2ncc3cc2C2C4=C(C=C(CN4)C(O)N[C@H]4C[C@@H](c5c(F)ccc(F)c5F)CN(CCCCCOC/C=C/3)C4=O)C[C@H]12. The molecular weight excluding hydrogens is 599 g/mol. The van der Waals surface area contributed by atoms with E-state index in [1.165, 1.54) is 0 Å². The Morgan fingerprint density at radius 1 is 1.09 bits per heavy atom. The smallest absolute Gasteiger partial charge is 0.239 e. The van der Waals surface area contributed by atoms with Crippen molar-refractivity contribution in [1.82, 2.24) is 20.5 Å². The molecule has 2 unspecified atom stereocenters. The molecule has 5 atom stereocenters. The fraction of sp³-hybridized carbons (Fsp3) is 0.441. The van der Waals surface area contributed by atoms with Gasteiger partial charge in [0.2, 0.25) is 11.8 Å². The summed E-state index contributed by atoms with van der Waals surface area (Å²) in [5.41, 5.74) is 3.79. The van der Waals surface area contributed by atoms with Gasteiger partial charge in [-0.2, -0.15) is 0 Å². The number of carbonyl (C=O) groups is 2. The molecule has 1 fully saturated rings. The first-order chi connectivity index (χ1) is 22.3. The lowest BCUT2D eigenvalue weighted by Crippen LogP contribution is -2.56. The normalized spacial score (nSPS) is 29.1. The first-order valence-corrected chi connectivity index (χ1v) is 15.9. The molecule has 1 aromatic heterocycles. The highest BCUT2D eigenvalue weighted by Crippen LogP contribution is 2.49. The molecule has 4 N–H and O–H groups in total. The molecule has 2 aromatic rings. The Bertz CT molecular complexity index is 1660. The zero-order valence-electron chi connectivity index (χ0n) is 25.2. The van der Waals surface area contributed by atoms with Crippen LogP contribution in [0.1, 0.15) is 60.6 Å². The van der Waals surface area contributed by atoms with Crippen LogP contribution in [0.5, 0.6) is 0 Å². The molecule has 0 spiro atoms. The summed E-state index contributed by atoms with van der Waals surface area (Å²) in [6, 6.07) is 2.73. The molecule has 0 radical (unpaired) electrons. The zero-order chi connectivity index (χ0) is 31.9. The molecule has 6 heterocycles. The van der Waals surface area contributed by atoms with E-state index in [1.54, 1.807) is 11.1 Å². The predicted molar refractivity (Wildman–Crippen MR) is 164 cm³/mol. The summed E-state index contributed by atoms with van der Waals surface area (Å²) >= 11 is 0. The highest BCUT2D eigenvalue weighted by atomic mass is 19.2. The average molecular weight is 636 g/mol. The molecule has 8 bridgehead atoms. The standard InChI is InChI=1S/C34H36F3N5O4/c35-24-6-7-25(36)29(37)27(24)21-14-26-34(45)42(17-21)8-2-1-3-9-46-10-4-5-18-11-22-28-23(33(44)41-31(22)39-15-18)13-19-12-20(32(43)40-26)16-38-30(19)28/h4-7,11-12,15,21,23,26,28,32,38,40,43H,1-3,8-10,13-14,16-17H2,(H,39,41,44)/b5-4+/t21-,23+,26+,28?,32?/m1/s1. The van der Waals surface area contributed by atoms with Crippen molar-refractivity contribution in [2.24, 2.45) is 5.92 Å². The topological polar surface area (TPSA) is 116 Å². The minimum Gasteiger partial charge on any atom is -0.384 e. The first kappa shape index (κ1) is 30.6. The number of halogens is 3. The van der Waals surface area contributed by atoms with Crippen LogP contribution < -0.4 is 16.0 Å². The van der Waals surface area contributed by atoms with Crippen LogP contribution in [0.15, 0.2) is 53.4 Å². The van der Waals surface area contributed by atoms with Gasteiger partial charge in [-0.3, -0.25) is 14.9 Å². The molecule has 46 heavy (non-hydrogen) atoms. The molecule has 2 amide bonds. The summed E-state index contributed by atoms with van der Waals surface area (Å²) in [6.07, 6.45) is 8.81. The minimum absolute atomic E-state index is 0.0177. The number of amides is 2. The molecule has 1 saturated heterocycles. The molecule has 1 aliphatic carbocycles. The Morgan fingerprint density at radius 3 is 2.80 bits per heavy atom. The van der Waals surface area contributed by atoms with E-state index in [2.05, 4.69) is 20.9 Å². The number of piperidine rings is 1. The van der Waals surface area contributed by atoms with Crippen LogP contribution in [-0.4, -0.2) is 71.9 Å². The summed E-state index contributed by atoms with van der Waals surface area (Å²) in [5, 5.41) is 20.7. The number of hydrogen-bond donors (Lipinski definition) is 4. The van der Waals surface area contributed by atoms with E-state index < -0.39 is 35.6 Å². The van der Waals surface area contributed by atoms with E-state index in [0.717, 1.165) is 47.4 Å². The van der Waals surface area contributed by atoms with Crippen LogP contribution in [0.25, 0.3) is 6.08 Å². The predicted octanol–water partition coefficient (Wildman–Crippen LogP) is 3.84. The third-order valence-electron chi connectivity index (χ3n) is 9.70. The molecular formula is C34H36F3N5O4. The summed E-state index contributed by atoms with van der Waals surface area (Å²) < 4.78 is 49.8. The number of dihydropyridines is 1. The Morgan fingerprint density at radius 2 is 1.93 bits per heavy atom. The lowest BCUT2D eigenvalue weighted by Gasteiger charge is -2.39. The number of carbonyl (C=O) groups excluding carboxylic acids is 2. The molecule has 5 aliphatic heterocycles. The monoisotopic (exact) mass is 635 g/mol. The number of hydrogen-bond acceptors (Lipinski definition) is 7. The van der Waals surface area contributed by atoms with Gasteiger partial charge in [0.15, 0.2) is 11.6 Å². The lowest BCUT2D eigenvalue weighted by molar-refractivity contribution is -0.137. The number of benzene rings is 1. The van der Waals surface area contributed by atoms with E-state index >= 15 is 0 Å². The molecule has 0 saturated carbocycles. The Hall–Kier alpha value is -4.00. The van der Waals surface area contributed by atoms with Gasteiger partial charge in [0.25, 0.3) is 0 Å². The van der Waals surface area contributed by atoms with Crippen molar-refractivity contribution in [2.75, 3.05) is 38.2 Å². The number of rotatable bonds is 1. The fourth-order valence-electron chi connectivity index (χ4n) is 7.45. The number of aliphatic hydroxyl groups excluding tert-OH is 1. The highest BCUT2D eigenvalue weighted by molar-refractivity contribution is 5.97. The van der Waals surface area contributed by atoms with Crippen molar-refractivity contribution in [3.63, 3.8) is 0 Å². The van der Waals surface area contributed by atoms with Gasteiger partial charge in [-0.1, -0.05) is 18.2 Å². The van der Waals surface area contributed by atoms with Crippen LogP contribution in [0.2, 0.25) is 0 Å². The number of nitrogens with zero attached hydrogens (tertiary/aromatic N) is 2. The summed E-state index contributed by atoms with van der Waals surface area (Å²) in [6.45, 7) is 1.58. The van der Waals surface area contributed by atoms with E-state index in [1.807, 2.05) is 24.3 Å². The number of ether oxygens (including phenoxy) is 1. The van der Waals surface area contributed by atoms with Crippen LogP contribution in [-0.2, 0) is 14.3 Å². The number of pyridine rings is 1. The van der Waals surface area contributed by atoms with Gasteiger partial charge in [-0.25, -0.2) is 18.2 Å². The van der Waals surface area contributed by atoms with Crippen LogP contribution in [0.4, 0.5) is 19.0 Å². The number of aromatic nitrogens is 1. The van der Waals surface area contributed by atoms with Crippen molar-refractivity contribution in [2.45, 2.75) is 56.2 Å². The second-order valence-electron chi connectivity index (χ2n) is 12.6. The lowest BCUT2D eigenvalue weighted by atomic mass is 9.83. The number of nitrogens with one attached hydrogen (secondary N) is 3. The molecule has 8 rings (SSSR count). The Balaban J connectivity index is 1.21. The maximum absolute atomic E-state index is 14.9. The van der Waals surface area contributed by atoms with Gasteiger partial charge in [-0.15, -0.1) is 0 Å². The zero-order valence-corrected chi connectivity index (χ0v) is 25.2. The average Bonchev–Trinajstić information content (AvgIpc) is 3.44. The molecule has 12 heteroatoms. The van der Waals surface area contributed by atoms with Gasteiger partial charge < -0.3 is 25.4 Å². The van der Waals surface area contributed by atoms with Gasteiger partial charge in [0, 0.05) is 61.1 Å². The molecule has 9 nitrogen and oxygen atoms in total. The molecule has 242 valence electrons. The van der Waals surface area contributed by atoms with E-state index in [4.69, 9.17) is 4.74 Å². The van der Waals surface area contributed by atoms with Crippen molar-refractivity contribution < 1.29 is 32.6 Å². The van der Waals surface area contributed by atoms with E-state index in [9.17, 15) is 27.9 Å². The molecule has 1 aromatic carbocycles. The first-order valence-electron chi connectivity index (χ1n) is 15.9. The summed E-state index contributed by atoms with van der Waals surface area (Å²) in [5.74, 6) is -4.54. The summed E-state index contributed by atoms with van der Waals surface area (Å²) in [7, 11) is 0. The van der Waals surface area contributed by atoms with Crippen molar-refractivity contribution in [1.29, 1.82) is 0 Å². The van der Waals surface area contributed by atoms with Crippen molar-refractivity contribution in [3.8, 4) is 0 Å². The van der Waals surface area contributed by atoms with Gasteiger partial charge in [-0.05, 0) is 67.0 Å². The number of anilines is 1. The molecule has 6 aliphatic rings.